The number of nitriles is 1. The predicted octanol–water partition coefficient (Wildman–Crippen LogP) is 1.45. The van der Waals surface area contributed by atoms with Crippen molar-refractivity contribution in [1.82, 2.24) is 10.2 Å². The molecular formula is C19H24N6O2S. The van der Waals surface area contributed by atoms with Gasteiger partial charge >= 0.3 is 0 Å². The third kappa shape index (κ3) is 3.93. The van der Waals surface area contributed by atoms with Gasteiger partial charge in [0.15, 0.2) is 5.82 Å². The van der Waals surface area contributed by atoms with Gasteiger partial charge in [-0.25, -0.2) is 13.6 Å². The molecule has 0 atom stereocenters. The second-order valence-electron chi connectivity index (χ2n) is 6.66. The van der Waals surface area contributed by atoms with Crippen LogP contribution in [0.1, 0.15) is 30.7 Å². The molecule has 1 saturated heterocycles. The molecule has 2 aromatic rings. The summed E-state index contributed by atoms with van der Waals surface area (Å²) in [4.78, 5) is 4.37. The molecule has 2 N–H and O–H groups in total. The molecule has 3 rings (SSSR count). The van der Waals surface area contributed by atoms with Gasteiger partial charge in [0.25, 0.3) is 0 Å². The highest BCUT2D eigenvalue weighted by Crippen LogP contribution is 2.26. The summed E-state index contributed by atoms with van der Waals surface area (Å²) in [7, 11) is -3.69. The number of hydrogen-bond donors (Lipinski definition) is 1. The molecule has 1 aromatic carbocycles. The van der Waals surface area contributed by atoms with Crippen molar-refractivity contribution in [3.8, 4) is 6.07 Å². The van der Waals surface area contributed by atoms with Crippen LogP contribution in [0, 0.1) is 11.3 Å². The number of hydrogen-bond acceptors (Lipinski definition) is 7. The van der Waals surface area contributed by atoms with Gasteiger partial charge in [-0.2, -0.15) is 10.4 Å². The minimum absolute atomic E-state index is 0.104. The molecule has 1 aliphatic heterocycles. The molecule has 28 heavy (non-hydrogen) atoms. The van der Waals surface area contributed by atoms with Gasteiger partial charge < -0.3 is 9.80 Å². The van der Waals surface area contributed by atoms with Gasteiger partial charge in [0.2, 0.25) is 10.0 Å². The van der Waals surface area contributed by atoms with E-state index in [1.807, 2.05) is 13.8 Å². The van der Waals surface area contributed by atoms with E-state index in [9.17, 15) is 13.7 Å². The first-order chi connectivity index (χ1) is 13.4. The van der Waals surface area contributed by atoms with Crippen molar-refractivity contribution in [1.29, 1.82) is 5.26 Å². The fraction of sp³-hybridized carbons (Fsp3) is 0.421. The molecule has 9 heteroatoms. The van der Waals surface area contributed by atoms with Crippen LogP contribution in [0.5, 0.6) is 0 Å². The standard InChI is InChI=1S/C19H24N6O2S/c1-3-16-17(13-20)19(23-22-18(16)4-2)25-11-9-24(10-12-25)14-5-7-15(8-6-14)28(21,26)27/h5-8H,3-4,9-12H2,1-2H3,(H2,21,26,27). The van der Waals surface area contributed by atoms with E-state index < -0.39 is 10.0 Å². The molecule has 0 bridgehead atoms. The summed E-state index contributed by atoms with van der Waals surface area (Å²) in [6, 6.07) is 8.90. The lowest BCUT2D eigenvalue weighted by molar-refractivity contribution is 0.597. The van der Waals surface area contributed by atoms with Crippen molar-refractivity contribution in [3.05, 3.63) is 41.1 Å². The number of sulfonamides is 1. The zero-order valence-corrected chi connectivity index (χ0v) is 16.9. The van der Waals surface area contributed by atoms with Gasteiger partial charge in [0, 0.05) is 31.9 Å². The summed E-state index contributed by atoms with van der Waals surface area (Å²) in [6.07, 6.45) is 1.51. The van der Waals surface area contributed by atoms with E-state index in [0.717, 1.165) is 42.9 Å². The number of nitrogens with two attached hydrogens (primary N) is 1. The van der Waals surface area contributed by atoms with Crippen molar-refractivity contribution >= 4 is 21.5 Å². The Balaban J connectivity index is 1.77. The van der Waals surface area contributed by atoms with E-state index in [1.54, 1.807) is 12.1 Å². The smallest absolute Gasteiger partial charge is 0.238 e. The first-order valence-corrected chi connectivity index (χ1v) is 10.8. The molecule has 1 aromatic heterocycles. The largest absolute Gasteiger partial charge is 0.368 e. The molecule has 0 radical (unpaired) electrons. The van der Waals surface area contributed by atoms with Crippen LogP contribution in [0.4, 0.5) is 11.5 Å². The van der Waals surface area contributed by atoms with Crippen LogP contribution in [-0.2, 0) is 22.9 Å². The Kier molecular flexibility index (Phi) is 5.82. The number of benzene rings is 1. The minimum Gasteiger partial charge on any atom is -0.368 e. The van der Waals surface area contributed by atoms with Gasteiger partial charge in [-0.15, -0.1) is 5.10 Å². The monoisotopic (exact) mass is 400 g/mol. The van der Waals surface area contributed by atoms with E-state index in [2.05, 4.69) is 26.1 Å². The molecule has 0 aliphatic carbocycles. The summed E-state index contributed by atoms with van der Waals surface area (Å²) in [5, 5.41) is 23.5. The third-order valence-electron chi connectivity index (χ3n) is 5.05. The van der Waals surface area contributed by atoms with Crippen LogP contribution in [0.25, 0.3) is 0 Å². The first kappa shape index (κ1) is 20.0. The first-order valence-electron chi connectivity index (χ1n) is 9.30. The molecule has 0 spiro atoms. The zero-order chi connectivity index (χ0) is 20.3. The van der Waals surface area contributed by atoms with Crippen LogP contribution in [0.3, 0.4) is 0 Å². The molecule has 148 valence electrons. The van der Waals surface area contributed by atoms with Crippen molar-refractivity contribution < 1.29 is 8.42 Å². The Bertz CT molecular complexity index is 990. The summed E-state index contributed by atoms with van der Waals surface area (Å²) in [5.41, 5.74) is 3.43. The minimum atomic E-state index is -3.69. The maximum absolute atomic E-state index is 11.4. The molecule has 2 heterocycles. The van der Waals surface area contributed by atoms with E-state index in [4.69, 9.17) is 5.14 Å². The van der Waals surface area contributed by atoms with Crippen molar-refractivity contribution in [2.24, 2.45) is 5.14 Å². The van der Waals surface area contributed by atoms with Crippen LogP contribution in [0.2, 0.25) is 0 Å². The average molecular weight is 401 g/mol. The average Bonchev–Trinajstić information content (AvgIpc) is 2.72. The van der Waals surface area contributed by atoms with Crippen molar-refractivity contribution in [2.75, 3.05) is 36.0 Å². The van der Waals surface area contributed by atoms with Gasteiger partial charge in [0.1, 0.15) is 11.6 Å². The highest BCUT2D eigenvalue weighted by molar-refractivity contribution is 7.89. The van der Waals surface area contributed by atoms with Gasteiger partial charge in [0.05, 0.1) is 10.6 Å². The summed E-state index contributed by atoms with van der Waals surface area (Å²) in [6.45, 7) is 6.92. The number of aryl methyl sites for hydroxylation is 1. The fourth-order valence-electron chi connectivity index (χ4n) is 3.52. The molecule has 0 saturated carbocycles. The summed E-state index contributed by atoms with van der Waals surface area (Å²) >= 11 is 0. The highest BCUT2D eigenvalue weighted by Gasteiger charge is 2.24. The molecule has 1 aliphatic rings. The number of nitrogens with zero attached hydrogens (tertiary/aromatic N) is 5. The Morgan fingerprint density at radius 1 is 1.04 bits per heavy atom. The van der Waals surface area contributed by atoms with E-state index in [-0.39, 0.29) is 4.90 Å². The van der Waals surface area contributed by atoms with Crippen LogP contribution in [-0.4, -0.2) is 44.8 Å². The molecule has 1 fully saturated rings. The third-order valence-corrected chi connectivity index (χ3v) is 5.98. The predicted molar refractivity (Wildman–Crippen MR) is 108 cm³/mol. The summed E-state index contributed by atoms with van der Waals surface area (Å²) < 4.78 is 22.8. The lowest BCUT2D eigenvalue weighted by atomic mass is 10.0. The van der Waals surface area contributed by atoms with Gasteiger partial charge in [-0.05, 0) is 42.7 Å². The Labute approximate surface area is 165 Å². The molecule has 0 unspecified atom stereocenters. The SMILES string of the molecule is CCc1nnc(N2CCN(c3ccc(S(N)(=O)=O)cc3)CC2)c(C#N)c1CC. The van der Waals surface area contributed by atoms with Crippen LogP contribution in [0.15, 0.2) is 29.2 Å². The van der Waals surface area contributed by atoms with Crippen molar-refractivity contribution in [3.63, 3.8) is 0 Å². The van der Waals surface area contributed by atoms with Crippen LogP contribution < -0.4 is 14.9 Å². The molecule has 8 nitrogen and oxygen atoms in total. The van der Waals surface area contributed by atoms with Gasteiger partial charge in [-0.3, -0.25) is 0 Å². The van der Waals surface area contributed by atoms with Gasteiger partial charge in [-0.1, -0.05) is 13.8 Å². The highest BCUT2D eigenvalue weighted by atomic mass is 32.2. The fourth-order valence-corrected chi connectivity index (χ4v) is 4.04. The summed E-state index contributed by atoms with van der Waals surface area (Å²) in [5.74, 6) is 0.653. The van der Waals surface area contributed by atoms with E-state index in [1.165, 1.54) is 12.1 Å². The molecule has 0 amide bonds. The lowest BCUT2D eigenvalue weighted by Gasteiger charge is -2.37. The number of rotatable bonds is 5. The van der Waals surface area contributed by atoms with E-state index in [0.29, 0.717) is 24.5 Å². The Morgan fingerprint density at radius 2 is 1.64 bits per heavy atom. The Hall–Kier alpha value is -2.70. The molecular weight excluding hydrogens is 376 g/mol. The zero-order valence-electron chi connectivity index (χ0n) is 16.1. The lowest BCUT2D eigenvalue weighted by Crippen LogP contribution is -2.47. The quantitative estimate of drug-likeness (QED) is 0.807. The second kappa shape index (κ2) is 8.12. The number of aromatic nitrogens is 2. The number of piperazine rings is 1. The maximum Gasteiger partial charge on any atom is 0.238 e. The second-order valence-corrected chi connectivity index (χ2v) is 8.22. The number of anilines is 2. The maximum atomic E-state index is 11.4. The van der Waals surface area contributed by atoms with Crippen LogP contribution >= 0.6 is 0 Å². The topological polar surface area (TPSA) is 116 Å². The van der Waals surface area contributed by atoms with E-state index >= 15 is 0 Å². The normalized spacial score (nSPS) is 14.8. The number of primary sulfonamides is 1. The van der Waals surface area contributed by atoms with Crippen molar-refractivity contribution in [2.45, 2.75) is 31.6 Å². The Morgan fingerprint density at radius 3 is 2.14 bits per heavy atom.